The molecule has 0 saturated carbocycles. The van der Waals surface area contributed by atoms with Crippen LogP contribution in [0.2, 0.25) is 0 Å². The highest BCUT2D eigenvalue weighted by atomic mass is 32.2. The van der Waals surface area contributed by atoms with Crippen molar-refractivity contribution >= 4 is 33.3 Å². The number of sulfonamides is 1. The number of hydrazine groups is 1. The lowest BCUT2D eigenvalue weighted by atomic mass is 10.2. The van der Waals surface area contributed by atoms with Crippen molar-refractivity contribution in [3.8, 4) is 0 Å². The van der Waals surface area contributed by atoms with Crippen LogP contribution in [0.25, 0.3) is 5.65 Å². The van der Waals surface area contributed by atoms with E-state index in [-0.39, 0.29) is 16.9 Å². The molecule has 0 bridgehead atoms. The molecule has 0 aliphatic carbocycles. The molecule has 114 valence electrons. The van der Waals surface area contributed by atoms with Gasteiger partial charge in [0.05, 0.1) is 0 Å². The topological polar surface area (TPSA) is 102 Å². The number of nitrogen functional groups attached to an aromatic ring is 1. The standard InChI is InChI=1S/C12H17N5O2S2/c13-15-11-12(17-6-2-1-3-10(17)14-11)21(18,19)16-9-4-7-20-8-5-9/h1-3,6,9,15-16H,4-5,7-8,13H2. The van der Waals surface area contributed by atoms with Gasteiger partial charge in [0.15, 0.2) is 10.8 Å². The Hall–Kier alpha value is -1.29. The lowest BCUT2D eigenvalue weighted by molar-refractivity contribution is 0.526. The first-order valence-corrected chi connectivity index (χ1v) is 9.29. The molecule has 1 fully saturated rings. The summed E-state index contributed by atoms with van der Waals surface area (Å²) in [5.74, 6) is 7.52. The molecule has 0 amide bonds. The molecular weight excluding hydrogens is 310 g/mol. The van der Waals surface area contributed by atoms with Crippen molar-refractivity contribution in [1.29, 1.82) is 0 Å². The number of rotatable bonds is 4. The molecule has 3 rings (SSSR count). The second-order valence-corrected chi connectivity index (χ2v) is 7.70. The monoisotopic (exact) mass is 327 g/mol. The molecule has 0 aromatic carbocycles. The normalized spacial score (nSPS) is 17.2. The summed E-state index contributed by atoms with van der Waals surface area (Å²) >= 11 is 1.85. The molecule has 0 spiro atoms. The summed E-state index contributed by atoms with van der Waals surface area (Å²) < 4.78 is 29.7. The van der Waals surface area contributed by atoms with Crippen LogP contribution in [0.3, 0.4) is 0 Å². The predicted molar refractivity (Wildman–Crippen MR) is 83.7 cm³/mol. The lowest BCUT2D eigenvalue weighted by Crippen LogP contribution is -2.38. The van der Waals surface area contributed by atoms with E-state index in [1.54, 1.807) is 24.4 Å². The Morgan fingerprint density at radius 3 is 2.81 bits per heavy atom. The van der Waals surface area contributed by atoms with E-state index in [4.69, 9.17) is 5.84 Å². The van der Waals surface area contributed by atoms with Crippen LogP contribution in [0, 0.1) is 0 Å². The molecule has 7 nitrogen and oxygen atoms in total. The molecule has 9 heteroatoms. The lowest BCUT2D eigenvalue weighted by Gasteiger charge is -2.22. The highest BCUT2D eigenvalue weighted by molar-refractivity contribution is 7.99. The second-order valence-electron chi connectivity index (χ2n) is 4.85. The van der Waals surface area contributed by atoms with E-state index in [2.05, 4.69) is 15.1 Å². The number of thioether (sulfide) groups is 1. The van der Waals surface area contributed by atoms with Gasteiger partial charge in [0.1, 0.15) is 5.65 Å². The quantitative estimate of drug-likeness (QED) is 0.567. The van der Waals surface area contributed by atoms with Crippen molar-refractivity contribution in [2.24, 2.45) is 5.84 Å². The van der Waals surface area contributed by atoms with Crippen molar-refractivity contribution in [3.05, 3.63) is 24.4 Å². The first-order valence-electron chi connectivity index (χ1n) is 6.65. The van der Waals surface area contributed by atoms with Gasteiger partial charge in [-0.3, -0.25) is 4.40 Å². The number of nitrogens with one attached hydrogen (secondary N) is 2. The summed E-state index contributed by atoms with van der Waals surface area (Å²) in [7, 11) is -3.69. The highest BCUT2D eigenvalue weighted by Gasteiger charge is 2.28. The summed E-state index contributed by atoms with van der Waals surface area (Å²) in [5.41, 5.74) is 2.91. The number of nitrogens with zero attached hydrogens (tertiary/aromatic N) is 2. The van der Waals surface area contributed by atoms with Crippen molar-refractivity contribution in [2.45, 2.75) is 23.9 Å². The number of nitrogens with two attached hydrogens (primary N) is 1. The van der Waals surface area contributed by atoms with Gasteiger partial charge >= 0.3 is 0 Å². The third-order valence-corrected chi connectivity index (χ3v) is 6.01. The predicted octanol–water partition coefficient (Wildman–Crippen LogP) is 0.794. The highest BCUT2D eigenvalue weighted by Crippen LogP contribution is 2.24. The fourth-order valence-corrected chi connectivity index (χ4v) is 5.08. The first kappa shape index (κ1) is 14.6. The molecule has 2 aromatic heterocycles. The summed E-state index contributed by atoms with van der Waals surface area (Å²) in [5, 5.41) is 0.0545. The first-order chi connectivity index (χ1) is 10.1. The summed E-state index contributed by atoms with van der Waals surface area (Å²) in [6.07, 6.45) is 3.34. The van der Waals surface area contributed by atoms with Gasteiger partial charge in [-0.25, -0.2) is 24.0 Å². The van der Waals surface area contributed by atoms with Crippen molar-refractivity contribution in [1.82, 2.24) is 14.1 Å². The maximum absolute atomic E-state index is 12.7. The van der Waals surface area contributed by atoms with Crippen LogP contribution in [-0.4, -0.2) is 35.4 Å². The molecule has 1 aliphatic heterocycles. The fraction of sp³-hybridized carbons (Fsp3) is 0.417. The van der Waals surface area contributed by atoms with Gasteiger partial charge in [-0.05, 0) is 36.5 Å². The molecule has 2 aromatic rings. The van der Waals surface area contributed by atoms with Gasteiger partial charge in [-0.1, -0.05) is 6.07 Å². The van der Waals surface area contributed by atoms with Gasteiger partial charge in [0.25, 0.3) is 10.0 Å². The number of pyridine rings is 1. The SMILES string of the molecule is NNc1nc2ccccn2c1S(=O)(=O)NC1CCSCC1. The van der Waals surface area contributed by atoms with E-state index in [9.17, 15) is 8.42 Å². The van der Waals surface area contributed by atoms with Gasteiger partial charge in [-0.15, -0.1) is 0 Å². The third-order valence-electron chi connectivity index (χ3n) is 3.42. The minimum atomic E-state index is -3.69. The van der Waals surface area contributed by atoms with Crippen LogP contribution in [0.1, 0.15) is 12.8 Å². The maximum Gasteiger partial charge on any atom is 0.260 e. The van der Waals surface area contributed by atoms with E-state index in [0.717, 1.165) is 24.3 Å². The Morgan fingerprint density at radius 2 is 2.10 bits per heavy atom. The molecular formula is C12H17N5O2S2. The molecule has 1 saturated heterocycles. The van der Waals surface area contributed by atoms with E-state index in [1.165, 1.54) is 4.40 Å². The van der Waals surface area contributed by atoms with Crippen LogP contribution in [0.4, 0.5) is 5.82 Å². The van der Waals surface area contributed by atoms with E-state index in [0.29, 0.717) is 5.65 Å². The minimum absolute atomic E-state index is 0.0314. The average Bonchev–Trinajstić information content (AvgIpc) is 2.87. The molecule has 4 N–H and O–H groups in total. The van der Waals surface area contributed by atoms with Crippen LogP contribution in [0.5, 0.6) is 0 Å². The summed E-state index contributed by atoms with van der Waals surface area (Å²) in [6.45, 7) is 0. The smallest absolute Gasteiger partial charge is 0.260 e. The Kier molecular flexibility index (Phi) is 4.07. The molecule has 0 atom stereocenters. The number of hydrogen-bond acceptors (Lipinski definition) is 6. The fourth-order valence-electron chi connectivity index (χ4n) is 2.41. The van der Waals surface area contributed by atoms with Gasteiger partial charge in [0, 0.05) is 12.2 Å². The largest absolute Gasteiger partial charge is 0.306 e. The second kappa shape index (κ2) is 5.84. The average molecular weight is 327 g/mol. The third kappa shape index (κ3) is 2.86. The maximum atomic E-state index is 12.7. The van der Waals surface area contributed by atoms with E-state index in [1.807, 2.05) is 11.8 Å². The number of fused-ring (bicyclic) bond motifs is 1. The van der Waals surface area contributed by atoms with Gasteiger partial charge in [0.2, 0.25) is 0 Å². The van der Waals surface area contributed by atoms with Crippen molar-refractivity contribution < 1.29 is 8.42 Å². The molecule has 0 unspecified atom stereocenters. The van der Waals surface area contributed by atoms with Crippen molar-refractivity contribution in [2.75, 3.05) is 16.9 Å². The van der Waals surface area contributed by atoms with E-state index >= 15 is 0 Å². The Bertz CT molecular complexity index is 737. The molecule has 3 heterocycles. The number of anilines is 1. The number of aromatic nitrogens is 2. The zero-order chi connectivity index (χ0) is 14.9. The van der Waals surface area contributed by atoms with Gasteiger partial charge < -0.3 is 5.43 Å². The Balaban J connectivity index is 2.01. The summed E-state index contributed by atoms with van der Waals surface area (Å²) in [4.78, 5) is 4.19. The summed E-state index contributed by atoms with van der Waals surface area (Å²) in [6, 6.07) is 5.25. The minimum Gasteiger partial charge on any atom is -0.306 e. The molecule has 1 aliphatic rings. The number of hydrogen-bond donors (Lipinski definition) is 3. The Morgan fingerprint density at radius 1 is 1.33 bits per heavy atom. The van der Waals surface area contributed by atoms with E-state index < -0.39 is 10.0 Å². The molecule has 21 heavy (non-hydrogen) atoms. The number of imidazole rings is 1. The van der Waals surface area contributed by atoms with Crippen LogP contribution >= 0.6 is 11.8 Å². The zero-order valence-corrected chi connectivity index (χ0v) is 13.0. The Labute approximate surface area is 127 Å². The van der Waals surface area contributed by atoms with Gasteiger partial charge in [-0.2, -0.15) is 11.8 Å². The zero-order valence-electron chi connectivity index (χ0n) is 11.3. The van der Waals surface area contributed by atoms with Crippen LogP contribution in [0.15, 0.2) is 29.4 Å². The van der Waals surface area contributed by atoms with Crippen LogP contribution in [-0.2, 0) is 10.0 Å². The van der Waals surface area contributed by atoms with Crippen LogP contribution < -0.4 is 16.0 Å². The molecule has 0 radical (unpaired) electrons. The van der Waals surface area contributed by atoms with Crippen molar-refractivity contribution in [3.63, 3.8) is 0 Å².